The van der Waals surface area contributed by atoms with E-state index in [1.54, 1.807) is 0 Å². The van der Waals surface area contributed by atoms with E-state index in [1.807, 2.05) is 19.2 Å². The van der Waals surface area contributed by atoms with Crippen LogP contribution in [0.1, 0.15) is 31.4 Å². The molecule has 1 saturated carbocycles. The maximum atomic E-state index is 5.77. The first-order valence-corrected chi connectivity index (χ1v) is 6.51. The molecule has 17 heavy (non-hydrogen) atoms. The Morgan fingerprint density at radius 3 is 3.18 bits per heavy atom. The summed E-state index contributed by atoms with van der Waals surface area (Å²) < 4.78 is 5.77. The fourth-order valence-electron chi connectivity index (χ4n) is 3.04. The second-order valence-corrected chi connectivity index (χ2v) is 5.07. The van der Waals surface area contributed by atoms with Crippen molar-refractivity contribution in [3.63, 3.8) is 0 Å². The number of aryl methyl sites for hydroxylation is 1. The molecule has 1 saturated heterocycles. The highest BCUT2D eigenvalue weighted by atomic mass is 16.5. The predicted molar refractivity (Wildman–Crippen MR) is 65.9 cm³/mol. The van der Waals surface area contributed by atoms with E-state index < -0.39 is 0 Å². The summed E-state index contributed by atoms with van der Waals surface area (Å²) in [5.41, 5.74) is 1.01. The van der Waals surface area contributed by atoms with Crippen LogP contribution in [0.15, 0.2) is 12.3 Å². The Morgan fingerprint density at radius 2 is 2.29 bits per heavy atom. The van der Waals surface area contributed by atoms with Crippen molar-refractivity contribution < 1.29 is 4.74 Å². The largest absolute Gasteiger partial charge is 0.378 e. The monoisotopic (exact) mass is 233 g/mol. The summed E-state index contributed by atoms with van der Waals surface area (Å²) >= 11 is 0. The molecule has 0 bridgehead atoms. The second kappa shape index (κ2) is 4.61. The first kappa shape index (κ1) is 11.0. The molecule has 2 heterocycles. The quantitative estimate of drug-likeness (QED) is 0.850. The van der Waals surface area contributed by atoms with Crippen LogP contribution in [-0.4, -0.2) is 28.7 Å². The topological polar surface area (TPSA) is 47.0 Å². The first-order chi connectivity index (χ1) is 8.33. The lowest BCUT2D eigenvalue weighted by atomic mass is 9.82. The highest BCUT2D eigenvalue weighted by molar-refractivity contribution is 5.27. The molecule has 2 fully saturated rings. The third-order valence-electron chi connectivity index (χ3n) is 3.89. The molecular weight excluding hydrogens is 214 g/mol. The minimum Gasteiger partial charge on any atom is -0.378 e. The molecule has 4 nitrogen and oxygen atoms in total. The van der Waals surface area contributed by atoms with E-state index in [0.717, 1.165) is 18.2 Å². The zero-order valence-electron chi connectivity index (χ0n) is 10.2. The van der Waals surface area contributed by atoms with Gasteiger partial charge in [0.15, 0.2) is 0 Å². The van der Waals surface area contributed by atoms with Gasteiger partial charge in [0.05, 0.1) is 6.10 Å². The second-order valence-electron chi connectivity index (χ2n) is 5.07. The number of rotatable bonds is 2. The zero-order chi connectivity index (χ0) is 11.7. The van der Waals surface area contributed by atoms with Gasteiger partial charge in [-0.1, -0.05) is 0 Å². The van der Waals surface area contributed by atoms with Gasteiger partial charge in [0.2, 0.25) is 5.95 Å². The molecule has 3 rings (SSSR count). The Balaban J connectivity index is 1.71. The summed E-state index contributed by atoms with van der Waals surface area (Å²) in [6.07, 6.45) is 7.12. The number of hydrogen-bond acceptors (Lipinski definition) is 4. The lowest BCUT2D eigenvalue weighted by molar-refractivity contribution is 0.0619. The Hall–Kier alpha value is -1.16. The smallest absolute Gasteiger partial charge is 0.223 e. The first-order valence-electron chi connectivity index (χ1n) is 6.51. The van der Waals surface area contributed by atoms with Crippen LogP contribution in [0.3, 0.4) is 0 Å². The highest BCUT2D eigenvalue weighted by Gasteiger charge is 2.37. The van der Waals surface area contributed by atoms with Gasteiger partial charge < -0.3 is 10.1 Å². The Kier molecular flexibility index (Phi) is 2.97. The fourth-order valence-corrected chi connectivity index (χ4v) is 3.04. The van der Waals surface area contributed by atoms with Crippen LogP contribution >= 0.6 is 0 Å². The molecule has 1 N–H and O–H groups in total. The Bertz CT molecular complexity index is 396. The molecule has 0 aromatic carbocycles. The molecule has 1 aromatic heterocycles. The van der Waals surface area contributed by atoms with Gasteiger partial charge in [0.1, 0.15) is 0 Å². The van der Waals surface area contributed by atoms with E-state index >= 15 is 0 Å². The van der Waals surface area contributed by atoms with Crippen molar-refractivity contribution >= 4 is 5.95 Å². The molecule has 2 aliphatic rings. The van der Waals surface area contributed by atoms with E-state index in [1.165, 1.54) is 25.7 Å². The highest BCUT2D eigenvalue weighted by Crippen LogP contribution is 2.35. The number of nitrogens with zero attached hydrogens (tertiary/aromatic N) is 2. The van der Waals surface area contributed by atoms with E-state index in [-0.39, 0.29) is 0 Å². The number of anilines is 1. The zero-order valence-corrected chi connectivity index (χ0v) is 10.2. The average Bonchev–Trinajstić information content (AvgIpc) is 2.78. The van der Waals surface area contributed by atoms with Crippen molar-refractivity contribution in [3.8, 4) is 0 Å². The van der Waals surface area contributed by atoms with Crippen molar-refractivity contribution in [1.82, 2.24) is 9.97 Å². The molecule has 1 aliphatic carbocycles. The van der Waals surface area contributed by atoms with Gasteiger partial charge in [-0.25, -0.2) is 9.97 Å². The third-order valence-corrected chi connectivity index (χ3v) is 3.89. The SMILES string of the molecule is Cc1ccnc(N[C@@H]2CCC[C@@H]3OCC[C@H]32)n1. The van der Waals surface area contributed by atoms with Gasteiger partial charge in [-0.15, -0.1) is 0 Å². The van der Waals surface area contributed by atoms with Gasteiger partial charge in [-0.2, -0.15) is 0 Å². The predicted octanol–water partition coefficient (Wildman–Crippen LogP) is 2.15. The minimum absolute atomic E-state index is 0.464. The number of ether oxygens (including phenoxy) is 1. The number of aromatic nitrogens is 2. The van der Waals surface area contributed by atoms with Gasteiger partial charge in [0.25, 0.3) is 0 Å². The van der Waals surface area contributed by atoms with Crippen molar-refractivity contribution in [2.45, 2.75) is 44.8 Å². The molecule has 0 radical (unpaired) electrons. The van der Waals surface area contributed by atoms with Gasteiger partial charge in [-0.05, 0) is 38.7 Å². The summed E-state index contributed by atoms with van der Waals surface area (Å²) in [5, 5.41) is 3.49. The molecule has 92 valence electrons. The van der Waals surface area contributed by atoms with E-state index in [9.17, 15) is 0 Å². The average molecular weight is 233 g/mol. The van der Waals surface area contributed by atoms with Crippen LogP contribution in [0.4, 0.5) is 5.95 Å². The molecule has 3 atom stereocenters. The molecular formula is C13H19N3O. The molecule has 0 unspecified atom stereocenters. The van der Waals surface area contributed by atoms with Gasteiger partial charge >= 0.3 is 0 Å². The number of nitrogens with one attached hydrogen (secondary N) is 1. The van der Waals surface area contributed by atoms with Crippen molar-refractivity contribution in [1.29, 1.82) is 0 Å². The van der Waals surface area contributed by atoms with Gasteiger partial charge in [0, 0.05) is 30.5 Å². The Morgan fingerprint density at radius 1 is 1.35 bits per heavy atom. The van der Waals surface area contributed by atoms with Crippen molar-refractivity contribution in [2.75, 3.05) is 11.9 Å². The molecule has 0 spiro atoms. The number of fused-ring (bicyclic) bond motifs is 1. The van der Waals surface area contributed by atoms with E-state index in [4.69, 9.17) is 4.74 Å². The molecule has 0 amide bonds. The normalized spacial score (nSPS) is 32.2. The molecule has 1 aliphatic heterocycles. The molecule has 4 heteroatoms. The summed E-state index contributed by atoms with van der Waals surface area (Å²) in [7, 11) is 0. The Labute approximate surface area is 102 Å². The van der Waals surface area contributed by atoms with Crippen LogP contribution in [0.2, 0.25) is 0 Å². The minimum atomic E-state index is 0.464. The summed E-state index contributed by atoms with van der Waals surface area (Å²) in [6.45, 7) is 2.91. The van der Waals surface area contributed by atoms with Crippen LogP contribution in [-0.2, 0) is 4.74 Å². The van der Waals surface area contributed by atoms with Crippen LogP contribution in [0.5, 0.6) is 0 Å². The van der Waals surface area contributed by atoms with Crippen molar-refractivity contribution in [3.05, 3.63) is 18.0 Å². The van der Waals surface area contributed by atoms with Crippen LogP contribution < -0.4 is 5.32 Å². The van der Waals surface area contributed by atoms with Crippen molar-refractivity contribution in [2.24, 2.45) is 5.92 Å². The summed E-state index contributed by atoms with van der Waals surface area (Å²) in [6, 6.07) is 2.41. The number of hydrogen-bond donors (Lipinski definition) is 1. The molecule has 1 aromatic rings. The summed E-state index contributed by atoms with van der Waals surface area (Å²) in [5.74, 6) is 1.41. The lowest BCUT2D eigenvalue weighted by Crippen LogP contribution is -2.38. The van der Waals surface area contributed by atoms with E-state index in [2.05, 4.69) is 15.3 Å². The standard InChI is InChI=1S/C13H19N3O/c1-9-5-7-14-13(15-9)16-11-3-2-4-12-10(11)6-8-17-12/h5,7,10-12H,2-4,6,8H2,1H3,(H,14,15,16)/t10-,11+,12-/m0/s1. The fraction of sp³-hybridized carbons (Fsp3) is 0.692. The summed E-state index contributed by atoms with van der Waals surface area (Å²) in [4.78, 5) is 8.70. The maximum absolute atomic E-state index is 5.77. The van der Waals surface area contributed by atoms with E-state index in [0.29, 0.717) is 18.1 Å². The van der Waals surface area contributed by atoms with Gasteiger partial charge in [-0.3, -0.25) is 0 Å². The lowest BCUT2D eigenvalue weighted by Gasteiger charge is -2.33. The van der Waals surface area contributed by atoms with Crippen LogP contribution in [0.25, 0.3) is 0 Å². The third kappa shape index (κ3) is 2.27. The maximum Gasteiger partial charge on any atom is 0.223 e. The van der Waals surface area contributed by atoms with Crippen LogP contribution in [0, 0.1) is 12.8 Å².